The molecule has 1 aromatic carbocycles. The molecule has 1 aromatic heterocycles. The highest BCUT2D eigenvalue weighted by Gasteiger charge is 2.02. The maximum atomic E-state index is 5.80. The van der Waals surface area contributed by atoms with Crippen LogP contribution in [0.3, 0.4) is 0 Å². The minimum atomic E-state index is 0.620. The number of aromatic nitrogens is 1. The van der Waals surface area contributed by atoms with Crippen LogP contribution in [0.1, 0.15) is 11.1 Å². The highest BCUT2D eigenvalue weighted by Crippen LogP contribution is 2.27. The van der Waals surface area contributed by atoms with Gasteiger partial charge in [-0.05, 0) is 37.1 Å². The van der Waals surface area contributed by atoms with E-state index in [-0.39, 0.29) is 0 Å². The number of benzene rings is 1. The molecule has 0 aliphatic rings. The van der Waals surface area contributed by atoms with Gasteiger partial charge in [0.1, 0.15) is 0 Å². The molecule has 1 heterocycles. The minimum Gasteiger partial charge on any atom is -0.225 e. The molecule has 0 atom stereocenters. The number of nitrogens with zero attached hydrogens (tertiary/aromatic N) is 1. The smallest absolute Gasteiger partial charge is 0.184 e. The number of hydrogen-bond acceptors (Lipinski definition) is 2. The zero-order chi connectivity index (χ0) is 8.72. The molecule has 0 radical (unpaired) electrons. The molecule has 2 aromatic rings. The second-order valence-corrected chi connectivity index (χ2v) is 4.48. The number of hydrogen-bond donors (Lipinski definition) is 0. The van der Waals surface area contributed by atoms with E-state index in [0.29, 0.717) is 4.47 Å². The van der Waals surface area contributed by atoms with Gasteiger partial charge in [-0.3, -0.25) is 0 Å². The van der Waals surface area contributed by atoms with E-state index in [1.165, 1.54) is 27.2 Å². The van der Waals surface area contributed by atoms with Crippen LogP contribution in [0.4, 0.5) is 0 Å². The summed E-state index contributed by atoms with van der Waals surface area (Å²) < 4.78 is 1.79. The van der Waals surface area contributed by atoms with E-state index in [0.717, 1.165) is 5.52 Å². The average Bonchev–Trinajstić information content (AvgIpc) is 2.30. The first kappa shape index (κ1) is 8.02. The van der Waals surface area contributed by atoms with Gasteiger partial charge in [0.2, 0.25) is 0 Å². The van der Waals surface area contributed by atoms with E-state index in [4.69, 9.17) is 11.6 Å². The predicted molar refractivity (Wildman–Crippen MR) is 54.1 cm³/mol. The van der Waals surface area contributed by atoms with Crippen LogP contribution in [-0.4, -0.2) is 4.98 Å². The summed E-state index contributed by atoms with van der Waals surface area (Å²) in [6.07, 6.45) is 0. The van der Waals surface area contributed by atoms with E-state index in [1.54, 1.807) is 0 Å². The van der Waals surface area contributed by atoms with Crippen molar-refractivity contribution in [1.29, 1.82) is 0 Å². The Morgan fingerprint density at radius 3 is 2.67 bits per heavy atom. The van der Waals surface area contributed by atoms with Gasteiger partial charge in [0.05, 0.1) is 10.2 Å². The molecule has 3 heteroatoms. The third-order valence-electron chi connectivity index (χ3n) is 1.98. The fourth-order valence-corrected chi connectivity index (χ4v) is 2.26. The lowest BCUT2D eigenvalue weighted by atomic mass is 10.1. The molecular formula is C9H8ClNS. The van der Waals surface area contributed by atoms with Gasteiger partial charge in [0.15, 0.2) is 4.47 Å². The van der Waals surface area contributed by atoms with Gasteiger partial charge >= 0.3 is 0 Å². The normalized spacial score (nSPS) is 10.9. The summed E-state index contributed by atoms with van der Waals surface area (Å²) in [6.45, 7) is 4.18. The standard InChI is InChI=1S/C9H8ClNS/c1-5-3-7-8(4-6(5)2)12-9(10)11-7/h3-4H,1-2H3. The lowest BCUT2D eigenvalue weighted by molar-refractivity contribution is 1.35. The maximum Gasteiger partial charge on any atom is 0.184 e. The van der Waals surface area contributed by atoms with Gasteiger partial charge in [0, 0.05) is 0 Å². The number of rotatable bonds is 0. The molecule has 0 unspecified atom stereocenters. The Labute approximate surface area is 80.0 Å². The fourth-order valence-electron chi connectivity index (χ4n) is 1.15. The van der Waals surface area contributed by atoms with Crippen molar-refractivity contribution < 1.29 is 0 Å². The molecule has 0 spiro atoms. The molecule has 0 aliphatic heterocycles. The number of thiazole rings is 1. The Morgan fingerprint density at radius 2 is 1.92 bits per heavy atom. The first-order valence-corrected chi connectivity index (χ1v) is 4.89. The number of aryl methyl sites for hydroxylation is 2. The SMILES string of the molecule is Cc1cc2nc(Cl)sc2cc1C. The third kappa shape index (κ3) is 1.21. The van der Waals surface area contributed by atoms with Gasteiger partial charge in [-0.2, -0.15) is 0 Å². The summed E-state index contributed by atoms with van der Waals surface area (Å²) in [5, 5.41) is 0. The second-order valence-electron chi connectivity index (χ2n) is 2.87. The molecule has 0 saturated carbocycles. The van der Waals surface area contributed by atoms with E-state index in [2.05, 4.69) is 31.0 Å². The monoisotopic (exact) mass is 197 g/mol. The van der Waals surface area contributed by atoms with Crippen molar-refractivity contribution in [1.82, 2.24) is 4.98 Å². The van der Waals surface area contributed by atoms with Crippen LogP contribution in [-0.2, 0) is 0 Å². The predicted octanol–water partition coefficient (Wildman–Crippen LogP) is 3.57. The third-order valence-corrected chi connectivity index (χ3v) is 3.10. The fraction of sp³-hybridized carbons (Fsp3) is 0.222. The Balaban J connectivity index is 2.83. The molecule has 0 amide bonds. The first-order chi connectivity index (χ1) is 5.66. The first-order valence-electron chi connectivity index (χ1n) is 3.70. The Bertz CT molecular complexity index is 394. The van der Waals surface area contributed by atoms with E-state index >= 15 is 0 Å². The molecule has 62 valence electrons. The maximum absolute atomic E-state index is 5.80. The largest absolute Gasteiger partial charge is 0.225 e. The molecule has 12 heavy (non-hydrogen) atoms. The van der Waals surface area contributed by atoms with Crippen molar-refractivity contribution in [3.8, 4) is 0 Å². The van der Waals surface area contributed by atoms with Crippen molar-refractivity contribution in [2.24, 2.45) is 0 Å². The van der Waals surface area contributed by atoms with Crippen molar-refractivity contribution in [2.75, 3.05) is 0 Å². The van der Waals surface area contributed by atoms with Crippen molar-refractivity contribution >= 4 is 33.2 Å². The van der Waals surface area contributed by atoms with Crippen LogP contribution >= 0.6 is 22.9 Å². The zero-order valence-electron chi connectivity index (χ0n) is 6.89. The topological polar surface area (TPSA) is 12.9 Å². The quantitative estimate of drug-likeness (QED) is 0.629. The van der Waals surface area contributed by atoms with E-state index < -0.39 is 0 Å². The van der Waals surface area contributed by atoms with Gasteiger partial charge in [0.25, 0.3) is 0 Å². The van der Waals surface area contributed by atoms with Crippen LogP contribution < -0.4 is 0 Å². The summed E-state index contributed by atoms with van der Waals surface area (Å²) >= 11 is 7.32. The van der Waals surface area contributed by atoms with Crippen LogP contribution in [0.25, 0.3) is 10.2 Å². The summed E-state index contributed by atoms with van der Waals surface area (Å²) in [4.78, 5) is 4.20. The van der Waals surface area contributed by atoms with Crippen LogP contribution in [0.2, 0.25) is 4.47 Å². The van der Waals surface area contributed by atoms with Gasteiger partial charge in [-0.25, -0.2) is 4.98 Å². The lowest BCUT2D eigenvalue weighted by Gasteiger charge is -1.96. The zero-order valence-corrected chi connectivity index (χ0v) is 8.46. The summed E-state index contributed by atoms with van der Waals surface area (Å²) in [5.74, 6) is 0. The molecular weight excluding hydrogens is 190 g/mol. The Morgan fingerprint density at radius 1 is 1.25 bits per heavy atom. The summed E-state index contributed by atoms with van der Waals surface area (Å²) in [7, 11) is 0. The van der Waals surface area contributed by atoms with Gasteiger partial charge in [-0.1, -0.05) is 11.6 Å². The highest BCUT2D eigenvalue weighted by atomic mass is 35.5. The molecule has 0 aliphatic carbocycles. The van der Waals surface area contributed by atoms with E-state index in [9.17, 15) is 0 Å². The lowest BCUT2D eigenvalue weighted by Crippen LogP contribution is -1.78. The summed E-state index contributed by atoms with van der Waals surface area (Å²) in [6, 6.07) is 4.21. The number of fused-ring (bicyclic) bond motifs is 1. The summed E-state index contributed by atoms with van der Waals surface area (Å²) in [5.41, 5.74) is 3.57. The molecule has 2 rings (SSSR count). The van der Waals surface area contributed by atoms with Crippen LogP contribution in [0, 0.1) is 13.8 Å². The van der Waals surface area contributed by atoms with Crippen LogP contribution in [0.5, 0.6) is 0 Å². The Kier molecular flexibility index (Phi) is 1.81. The average molecular weight is 198 g/mol. The minimum absolute atomic E-state index is 0.620. The molecule has 1 nitrogen and oxygen atoms in total. The molecule has 0 bridgehead atoms. The van der Waals surface area contributed by atoms with Crippen LogP contribution in [0.15, 0.2) is 12.1 Å². The van der Waals surface area contributed by atoms with Gasteiger partial charge in [-0.15, -0.1) is 11.3 Å². The molecule has 0 N–H and O–H groups in total. The van der Waals surface area contributed by atoms with E-state index in [1.807, 2.05) is 0 Å². The van der Waals surface area contributed by atoms with Crippen molar-refractivity contribution in [2.45, 2.75) is 13.8 Å². The van der Waals surface area contributed by atoms with Crippen molar-refractivity contribution in [3.05, 3.63) is 27.7 Å². The molecule has 0 fully saturated rings. The highest BCUT2D eigenvalue weighted by molar-refractivity contribution is 7.22. The number of halogens is 1. The van der Waals surface area contributed by atoms with Gasteiger partial charge < -0.3 is 0 Å². The molecule has 0 saturated heterocycles. The second kappa shape index (κ2) is 2.71. The Hall–Kier alpha value is -0.600. The van der Waals surface area contributed by atoms with Crippen molar-refractivity contribution in [3.63, 3.8) is 0 Å².